The van der Waals surface area contributed by atoms with Gasteiger partial charge in [-0.3, -0.25) is 0 Å². The molecule has 0 amide bonds. The summed E-state index contributed by atoms with van der Waals surface area (Å²) in [6.45, 7) is 9.11. The summed E-state index contributed by atoms with van der Waals surface area (Å²) >= 11 is 4.96. The van der Waals surface area contributed by atoms with Crippen LogP contribution in [0.1, 0.15) is 39.1 Å². The van der Waals surface area contributed by atoms with Gasteiger partial charge in [-0.2, -0.15) is 0 Å². The Morgan fingerprint density at radius 3 is 2.43 bits per heavy atom. The highest BCUT2D eigenvalue weighted by molar-refractivity contribution is 9.11. The lowest BCUT2D eigenvalue weighted by Gasteiger charge is -2.22. The van der Waals surface area contributed by atoms with E-state index in [4.69, 9.17) is 0 Å². The molecule has 1 unspecified atom stereocenters. The van der Waals surface area contributed by atoms with Crippen LogP contribution in [-0.4, -0.2) is 10.2 Å². The minimum absolute atomic E-state index is 0.404. The normalized spacial score (nSPS) is 14.4. The van der Waals surface area contributed by atoms with Gasteiger partial charge in [0.2, 0.25) is 0 Å². The van der Waals surface area contributed by atoms with E-state index in [9.17, 15) is 0 Å². The Kier molecular flexibility index (Phi) is 4.07. The molecule has 80 valence electrons. The van der Waals surface area contributed by atoms with E-state index in [1.54, 1.807) is 11.3 Å². The Morgan fingerprint density at radius 1 is 1.36 bits per heavy atom. The van der Waals surface area contributed by atoms with Gasteiger partial charge in [0.05, 0.1) is 0 Å². The van der Waals surface area contributed by atoms with Crippen molar-refractivity contribution < 1.29 is 0 Å². The smallest absolute Gasteiger partial charge is 0.143 e. The van der Waals surface area contributed by atoms with Gasteiger partial charge in [0.25, 0.3) is 0 Å². The molecule has 0 aromatic carbocycles. The predicted octanol–water partition coefficient (Wildman–Crippen LogP) is 3.92. The van der Waals surface area contributed by atoms with Crippen LogP contribution in [0, 0.1) is 11.3 Å². The number of rotatable bonds is 3. The van der Waals surface area contributed by atoms with Gasteiger partial charge in [-0.1, -0.05) is 39.0 Å². The fourth-order valence-corrected chi connectivity index (χ4v) is 3.10. The van der Waals surface area contributed by atoms with Crippen molar-refractivity contribution in [2.45, 2.75) is 40.5 Å². The molecule has 0 spiro atoms. The zero-order valence-electron chi connectivity index (χ0n) is 9.17. The summed E-state index contributed by atoms with van der Waals surface area (Å²) in [6, 6.07) is 0. The van der Waals surface area contributed by atoms with Gasteiger partial charge < -0.3 is 0 Å². The molecule has 1 heterocycles. The molecule has 0 bridgehead atoms. The third kappa shape index (κ3) is 4.51. The molecule has 4 heteroatoms. The largest absolute Gasteiger partial charge is 0.183 e. The molecule has 0 radical (unpaired) electrons. The number of hydrogen-bond acceptors (Lipinski definition) is 3. The maximum absolute atomic E-state index is 4.11. The maximum Gasteiger partial charge on any atom is 0.183 e. The standard InChI is InChI=1S/C10H17BrN2S/c1-7(6-10(2,3)4)5-8-12-13-9(11)14-8/h7H,5-6H2,1-4H3. The highest BCUT2D eigenvalue weighted by atomic mass is 79.9. The number of nitrogens with zero attached hydrogens (tertiary/aromatic N) is 2. The summed E-state index contributed by atoms with van der Waals surface area (Å²) in [5, 5.41) is 9.19. The highest BCUT2D eigenvalue weighted by Gasteiger charge is 2.16. The van der Waals surface area contributed by atoms with Crippen LogP contribution in [0.4, 0.5) is 0 Å². The van der Waals surface area contributed by atoms with E-state index in [0.717, 1.165) is 15.3 Å². The second kappa shape index (κ2) is 4.71. The first-order valence-electron chi connectivity index (χ1n) is 4.85. The van der Waals surface area contributed by atoms with Crippen molar-refractivity contribution in [3.05, 3.63) is 8.92 Å². The molecule has 0 aliphatic rings. The van der Waals surface area contributed by atoms with Crippen LogP contribution < -0.4 is 0 Å². The maximum atomic E-state index is 4.11. The third-order valence-corrected chi connectivity index (χ3v) is 3.30. The van der Waals surface area contributed by atoms with Crippen LogP contribution in [0.3, 0.4) is 0 Å². The summed E-state index contributed by atoms with van der Waals surface area (Å²) in [5.41, 5.74) is 0.404. The fourth-order valence-electron chi connectivity index (χ4n) is 1.73. The second-order valence-corrected chi connectivity index (χ2v) is 7.36. The first kappa shape index (κ1) is 12.1. The van der Waals surface area contributed by atoms with Gasteiger partial charge >= 0.3 is 0 Å². The molecule has 0 aliphatic carbocycles. The molecular formula is C10H17BrN2S. The minimum Gasteiger partial charge on any atom is -0.143 e. The molecule has 0 N–H and O–H groups in total. The number of hydrogen-bond donors (Lipinski definition) is 0. The summed E-state index contributed by atoms with van der Waals surface area (Å²) in [7, 11) is 0. The third-order valence-electron chi connectivity index (χ3n) is 1.93. The van der Waals surface area contributed by atoms with Crippen LogP contribution in [0.15, 0.2) is 3.92 Å². The second-order valence-electron chi connectivity index (χ2n) is 5.02. The monoisotopic (exact) mass is 276 g/mol. The summed E-state index contributed by atoms with van der Waals surface area (Å²) in [5.74, 6) is 0.676. The van der Waals surface area contributed by atoms with Crippen molar-refractivity contribution in [2.75, 3.05) is 0 Å². The zero-order valence-corrected chi connectivity index (χ0v) is 11.6. The van der Waals surface area contributed by atoms with E-state index >= 15 is 0 Å². The molecule has 2 nitrogen and oxygen atoms in total. The van der Waals surface area contributed by atoms with Crippen molar-refractivity contribution in [1.29, 1.82) is 0 Å². The molecule has 0 fully saturated rings. The molecule has 1 aromatic heterocycles. The van der Waals surface area contributed by atoms with Crippen LogP contribution in [0.25, 0.3) is 0 Å². The van der Waals surface area contributed by atoms with E-state index < -0.39 is 0 Å². The number of halogens is 1. The topological polar surface area (TPSA) is 25.8 Å². The van der Waals surface area contributed by atoms with Crippen LogP contribution in [0.2, 0.25) is 0 Å². The van der Waals surface area contributed by atoms with E-state index in [2.05, 4.69) is 53.8 Å². The Bertz CT molecular complexity index is 291. The molecule has 0 saturated carbocycles. The summed E-state index contributed by atoms with van der Waals surface area (Å²) in [6.07, 6.45) is 2.27. The Labute approximate surface area is 98.3 Å². The lowest BCUT2D eigenvalue weighted by atomic mass is 9.84. The van der Waals surface area contributed by atoms with Crippen LogP contribution >= 0.6 is 27.3 Å². The van der Waals surface area contributed by atoms with E-state index in [0.29, 0.717) is 11.3 Å². The minimum atomic E-state index is 0.404. The van der Waals surface area contributed by atoms with Gasteiger partial charge in [-0.15, -0.1) is 10.2 Å². The van der Waals surface area contributed by atoms with E-state index in [1.165, 1.54) is 6.42 Å². The average Bonchev–Trinajstić information content (AvgIpc) is 2.30. The Morgan fingerprint density at radius 2 is 2.00 bits per heavy atom. The van der Waals surface area contributed by atoms with Crippen LogP contribution in [-0.2, 0) is 6.42 Å². The Hall–Kier alpha value is 0.0400. The van der Waals surface area contributed by atoms with Gasteiger partial charge in [0.15, 0.2) is 3.92 Å². The lowest BCUT2D eigenvalue weighted by Crippen LogP contribution is -2.12. The summed E-state index contributed by atoms with van der Waals surface area (Å²) in [4.78, 5) is 0. The molecule has 0 aliphatic heterocycles. The molecule has 1 aromatic rings. The lowest BCUT2D eigenvalue weighted by molar-refractivity contribution is 0.305. The fraction of sp³-hybridized carbons (Fsp3) is 0.800. The predicted molar refractivity (Wildman–Crippen MR) is 64.5 cm³/mol. The molecule has 0 saturated heterocycles. The van der Waals surface area contributed by atoms with Crippen molar-refractivity contribution in [2.24, 2.45) is 11.3 Å². The van der Waals surface area contributed by atoms with Crippen molar-refractivity contribution >= 4 is 27.3 Å². The molecule has 1 rings (SSSR count). The van der Waals surface area contributed by atoms with E-state index in [1.807, 2.05) is 0 Å². The van der Waals surface area contributed by atoms with Crippen molar-refractivity contribution in [3.8, 4) is 0 Å². The first-order valence-corrected chi connectivity index (χ1v) is 6.45. The zero-order chi connectivity index (χ0) is 10.8. The average molecular weight is 277 g/mol. The van der Waals surface area contributed by atoms with Gasteiger partial charge in [0.1, 0.15) is 5.01 Å². The molecule has 1 atom stereocenters. The van der Waals surface area contributed by atoms with Crippen molar-refractivity contribution in [3.63, 3.8) is 0 Å². The van der Waals surface area contributed by atoms with Gasteiger partial charge in [0, 0.05) is 6.42 Å². The first-order chi connectivity index (χ1) is 6.37. The molecule has 14 heavy (non-hydrogen) atoms. The SMILES string of the molecule is CC(Cc1nnc(Br)s1)CC(C)(C)C. The van der Waals surface area contributed by atoms with Gasteiger partial charge in [-0.25, -0.2) is 0 Å². The molecular weight excluding hydrogens is 260 g/mol. The van der Waals surface area contributed by atoms with Crippen LogP contribution in [0.5, 0.6) is 0 Å². The van der Waals surface area contributed by atoms with Gasteiger partial charge in [-0.05, 0) is 33.7 Å². The Balaban J connectivity index is 2.45. The van der Waals surface area contributed by atoms with Crippen molar-refractivity contribution in [1.82, 2.24) is 10.2 Å². The number of aromatic nitrogens is 2. The quantitative estimate of drug-likeness (QED) is 0.837. The summed E-state index contributed by atoms with van der Waals surface area (Å²) < 4.78 is 0.885. The van der Waals surface area contributed by atoms with E-state index in [-0.39, 0.29) is 0 Å². The highest BCUT2D eigenvalue weighted by Crippen LogP contribution is 2.27.